The van der Waals surface area contributed by atoms with Crippen LogP contribution in [0.2, 0.25) is 0 Å². The maximum Gasteiger partial charge on any atom is 0.191 e. The van der Waals surface area contributed by atoms with E-state index in [0.29, 0.717) is 0 Å². The number of aromatic nitrogens is 2. The van der Waals surface area contributed by atoms with Crippen LogP contribution in [0.3, 0.4) is 0 Å². The van der Waals surface area contributed by atoms with Gasteiger partial charge in [0.05, 0.1) is 12.7 Å². The van der Waals surface area contributed by atoms with Crippen LogP contribution in [0, 0.1) is 6.92 Å². The Morgan fingerprint density at radius 1 is 1.43 bits per heavy atom. The third-order valence-corrected chi connectivity index (χ3v) is 3.88. The van der Waals surface area contributed by atoms with E-state index in [4.69, 9.17) is 0 Å². The molecule has 0 unspecified atom stereocenters. The van der Waals surface area contributed by atoms with Crippen molar-refractivity contribution in [3.05, 3.63) is 40.3 Å². The Balaban J connectivity index is 1.75. The van der Waals surface area contributed by atoms with Gasteiger partial charge in [-0.3, -0.25) is 9.67 Å². The van der Waals surface area contributed by atoms with Gasteiger partial charge in [0, 0.05) is 37.1 Å². The predicted molar refractivity (Wildman–Crippen MR) is 89.0 cm³/mol. The van der Waals surface area contributed by atoms with Crippen LogP contribution >= 0.6 is 11.3 Å². The van der Waals surface area contributed by atoms with Crippen molar-refractivity contribution in [2.75, 3.05) is 19.6 Å². The summed E-state index contributed by atoms with van der Waals surface area (Å²) in [4.78, 5) is 5.97. The van der Waals surface area contributed by atoms with Gasteiger partial charge >= 0.3 is 0 Å². The Bertz CT molecular complexity index is 544. The highest BCUT2D eigenvalue weighted by atomic mass is 32.1. The molecule has 6 heteroatoms. The third-order valence-electron chi connectivity index (χ3n) is 2.95. The molecule has 0 bridgehead atoms. The molecule has 0 amide bonds. The molecule has 0 radical (unpaired) electrons. The molecule has 0 fully saturated rings. The van der Waals surface area contributed by atoms with E-state index in [-0.39, 0.29) is 0 Å². The topological polar surface area (TPSA) is 54.2 Å². The van der Waals surface area contributed by atoms with Gasteiger partial charge in [-0.1, -0.05) is 6.07 Å². The molecular weight excluding hydrogens is 282 g/mol. The first-order chi connectivity index (χ1) is 10.3. The van der Waals surface area contributed by atoms with Crippen molar-refractivity contribution in [1.29, 1.82) is 0 Å². The number of nitrogens with one attached hydrogen (secondary N) is 2. The van der Waals surface area contributed by atoms with Crippen LogP contribution in [0.25, 0.3) is 0 Å². The molecule has 2 heterocycles. The molecule has 2 aromatic heterocycles. The van der Waals surface area contributed by atoms with Crippen LogP contribution in [0.15, 0.2) is 34.9 Å². The molecular formula is C15H23N5S. The molecule has 0 aliphatic heterocycles. The molecule has 0 atom stereocenters. The molecule has 2 N–H and O–H groups in total. The summed E-state index contributed by atoms with van der Waals surface area (Å²) in [6.45, 7) is 7.44. The summed E-state index contributed by atoms with van der Waals surface area (Å²) in [7, 11) is 0. The molecule has 0 aliphatic rings. The first-order valence-corrected chi connectivity index (χ1v) is 8.19. The van der Waals surface area contributed by atoms with Crippen LogP contribution in [0.1, 0.15) is 17.4 Å². The van der Waals surface area contributed by atoms with Crippen LogP contribution in [0.4, 0.5) is 0 Å². The SMILES string of the molecule is CCNC(=NCCc1cccs1)NCCn1cc(C)cn1. The van der Waals surface area contributed by atoms with Crippen molar-refractivity contribution in [2.45, 2.75) is 26.8 Å². The second kappa shape index (κ2) is 8.46. The predicted octanol–water partition coefficient (Wildman–Crippen LogP) is 2.05. The largest absolute Gasteiger partial charge is 0.357 e. The fourth-order valence-corrected chi connectivity index (χ4v) is 2.65. The van der Waals surface area contributed by atoms with Crippen molar-refractivity contribution >= 4 is 17.3 Å². The summed E-state index contributed by atoms with van der Waals surface area (Å²) in [5.74, 6) is 0.873. The number of aryl methyl sites for hydroxylation is 1. The molecule has 0 saturated carbocycles. The van der Waals surface area contributed by atoms with E-state index >= 15 is 0 Å². The molecule has 0 aromatic carbocycles. The second-order valence-electron chi connectivity index (χ2n) is 4.80. The number of aliphatic imine (C=N–C) groups is 1. The lowest BCUT2D eigenvalue weighted by molar-refractivity contribution is 0.597. The average Bonchev–Trinajstić information content (AvgIpc) is 3.11. The molecule has 2 aromatic rings. The first kappa shape index (κ1) is 15.6. The standard InChI is InChI=1S/C15H23N5S/c1-3-16-15(17-7-6-14-5-4-10-21-14)18-8-9-20-12-13(2)11-19-20/h4-5,10-12H,3,6-9H2,1-2H3,(H2,16,17,18). The van der Waals surface area contributed by atoms with Gasteiger partial charge in [-0.05, 0) is 30.9 Å². The minimum atomic E-state index is 0.802. The highest BCUT2D eigenvalue weighted by molar-refractivity contribution is 7.09. The Morgan fingerprint density at radius 2 is 2.33 bits per heavy atom. The quantitative estimate of drug-likeness (QED) is 0.608. The monoisotopic (exact) mass is 305 g/mol. The Labute approximate surface area is 130 Å². The van der Waals surface area contributed by atoms with Gasteiger partial charge < -0.3 is 10.6 Å². The van der Waals surface area contributed by atoms with Crippen molar-refractivity contribution in [1.82, 2.24) is 20.4 Å². The lowest BCUT2D eigenvalue weighted by atomic mass is 10.3. The van der Waals surface area contributed by atoms with Gasteiger partial charge in [-0.2, -0.15) is 5.10 Å². The maximum absolute atomic E-state index is 4.60. The molecule has 2 rings (SSSR count). The number of hydrogen-bond acceptors (Lipinski definition) is 3. The van der Waals surface area contributed by atoms with Crippen LogP contribution in [-0.2, 0) is 13.0 Å². The molecule has 0 spiro atoms. The van der Waals surface area contributed by atoms with Crippen LogP contribution in [-0.4, -0.2) is 35.4 Å². The van der Waals surface area contributed by atoms with Gasteiger partial charge in [0.2, 0.25) is 0 Å². The minimum Gasteiger partial charge on any atom is -0.357 e. The molecule has 0 saturated heterocycles. The van der Waals surface area contributed by atoms with Gasteiger partial charge in [0.25, 0.3) is 0 Å². The Morgan fingerprint density at radius 3 is 3.00 bits per heavy atom. The Hall–Kier alpha value is -1.82. The lowest BCUT2D eigenvalue weighted by Gasteiger charge is -2.11. The lowest BCUT2D eigenvalue weighted by Crippen LogP contribution is -2.39. The molecule has 5 nitrogen and oxygen atoms in total. The summed E-state index contributed by atoms with van der Waals surface area (Å²) >= 11 is 1.78. The minimum absolute atomic E-state index is 0.802. The van der Waals surface area contributed by atoms with Crippen molar-refractivity contribution in [3.63, 3.8) is 0 Å². The summed E-state index contributed by atoms with van der Waals surface area (Å²) in [6.07, 6.45) is 4.91. The van der Waals surface area contributed by atoms with E-state index in [1.165, 1.54) is 10.4 Å². The normalized spacial score (nSPS) is 11.6. The summed E-state index contributed by atoms with van der Waals surface area (Å²) < 4.78 is 1.94. The van der Waals surface area contributed by atoms with E-state index in [1.807, 2.05) is 24.0 Å². The van der Waals surface area contributed by atoms with Crippen molar-refractivity contribution in [2.24, 2.45) is 4.99 Å². The van der Waals surface area contributed by atoms with E-state index in [0.717, 1.165) is 38.6 Å². The maximum atomic E-state index is 4.60. The number of nitrogens with zero attached hydrogens (tertiary/aromatic N) is 3. The van der Waals surface area contributed by atoms with E-state index in [9.17, 15) is 0 Å². The van der Waals surface area contributed by atoms with Crippen LogP contribution in [0.5, 0.6) is 0 Å². The summed E-state index contributed by atoms with van der Waals surface area (Å²) in [5.41, 5.74) is 1.19. The fourth-order valence-electron chi connectivity index (χ4n) is 1.95. The molecule has 21 heavy (non-hydrogen) atoms. The zero-order chi connectivity index (χ0) is 14.9. The smallest absolute Gasteiger partial charge is 0.191 e. The number of rotatable bonds is 7. The van der Waals surface area contributed by atoms with E-state index < -0.39 is 0 Å². The third kappa shape index (κ3) is 5.59. The highest BCUT2D eigenvalue weighted by Gasteiger charge is 1.99. The zero-order valence-electron chi connectivity index (χ0n) is 12.7. The number of guanidine groups is 1. The second-order valence-corrected chi connectivity index (χ2v) is 5.83. The molecule has 114 valence electrons. The van der Waals surface area contributed by atoms with Crippen molar-refractivity contribution in [3.8, 4) is 0 Å². The number of thiophene rings is 1. The van der Waals surface area contributed by atoms with Gasteiger partial charge in [-0.25, -0.2) is 0 Å². The first-order valence-electron chi connectivity index (χ1n) is 7.31. The van der Waals surface area contributed by atoms with E-state index in [1.54, 1.807) is 11.3 Å². The zero-order valence-corrected chi connectivity index (χ0v) is 13.5. The van der Waals surface area contributed by atoms with Gasteiger partial charge in [0.15, 0.2) is 5.96 Å². The van der Waals surface area contributed by atoms with Crippen molar-refractivity contribution < 1.29 is 0 Å². The van der Waals surface area contributed by atoms with Gasteiger partial charge in [0.1, 0.15) is 0 Å². The van der Waals surface area contributed by atoms with Crippen LogP contribution < -0.4 is 10.6 Å². The van der Waals surface area contributed by atoms with E-state index in [2.05, 4.69) is 45.2 Å². The highest BCUT2D eigenvalue weighted by Crippen LogP contribution is 2.08. The molecule has 0 aliphatic carbocycles. The van der Waals surface area contributed by atoms with Gasteiger partial charge in [-0.15, -0.1) is 11.3 Å². The summed E-state index contributed by atoms with van der Waals surface area (Å²) in [6, 6.07) is 4.24. The average molecular weight is 305 g/mol. The fraction of sp³-hybridized carbons (Fsp3) is 0.467. The summed E-state index contributed by atoms with van der Waals surface area (Å²) in [5, 5.41) is 13.0. The Kier molecular flexibility index (Phi) is 6.27. The number of hydrogen-bond donors (Lipinski definition) is 2.